The Morgan fingerprint density at radius 3 is 2.71 bits per heavy atom. The first kappa shape index (κ1) is 11.1. The average molecular weight is 214 g/mol. The molecule has 0 bridgehead atoms. The molecule has 14 heavy (non-hydrogen) atoms. The van der Waals surface area contributed by atoms with Gasteiger partial charge in [0.15, 0.2) is 5.11 Å². The predicted octanol–water partition coefficient (Wildman–Crippen LogP) is 0.808. The van der Waals surface area contributed by atoms with Gasteiger partial charge in [0.05, 0.1) is 0 Å². The van der Waals surface area contributed by atoms with Gasteiger partial charge in [-0.3, -0.25) is 14.5 Å². The molecule has 0 aromatic carbocycles. The highest BCUT2D eigenvalue weighted by Crippen LogP contribution is 2.12. The van der Waals surface area contributed by atoms with Crippen LogP contribution in [0.4, 0.5) is 0 Å². The van der Waals surface area contributed by atoms with Crippen molar-refractivity contribution in [2.75, 3.05) is 0 Å². The van der Waals surface area contributed by atoms with E-state index in [9.17, 15) is 9.59 Å². The maximum absolute atomic E-state index is 11.5. The lowest BCUT2D eigenvalue weighted by Gasteiger charge is -2.32. The van der Waals surface area contributed by atoms with Crippen LogP contribution in [0, 0.1) is 0 Å². The summed E-state index contributed by atoms with van der Waals surface area (Å²) < 4.78 is 0. The second kappa shape index (κ2) is 4.50. The van der Waals surface area contributed by atoms with Crippen molar-refractivity contribution in [1.82, 2.24) is 10.2 Å². The molecule has 1 N–H and O–H groups in total. The van der Waals surface area contributed by atoms with E-state index in [0.717, 1.165) is 12.8 Å². The molecule has 0 aromatic heterocycles. The van der Waals surface area contributed by atoms with E-state index in [1.165, 1.54) is 4.90 Å². The van der Waals surface area contributed by atoms with Crippen LogP contribution in [0.15, 0.2) is 0 Å². The number of hydrogen-bond donors (Lipinski definition) is 1. The fourth-order valence-corrected chi connectivity index (χ4v) is 1.95. The van der Waals surface area contributed by atoms with E-state index in [1.54, 1.807) is 0 Å². The summed E-state index contributed by atoms with van der Waals surface area (Å²) in [5.74, 6) is -0.500. The molecule has 4 nitrogen and oxygen atoms in total. The van der Waals surface area contributed by atoms with E-state index >= 15 is 0 Å². The smallest absolute Gasteiger partial charge is 0.238 e. The fourth-order valence-electron chi connectivity index (χ4n) is 1.55. The molecule has 1 aliphatic rings. The normalized spacial score (nSPS) is 19.6. The second-order valence-electron chi connectivity index (χ2n) is 3.43. The number of carbonyl (C=O) groups excluding carboxylic acids is 2. The third-order valence-electron chi connectivity index (χ3n) is 2.19. The molecule has 1 aliphatic heterocycles. The van der Waals surface area contributed by atoms with Crippen LogP contribution in [0.2, 0.25) is 0 Å². The SMILES string of the molecule is CCC[C@@H](C)N1C(=O)CC(=O)NC1=S. The van der Waals surface area contributed by atoms with E-state index in [4.69, 9.17) is 12.2 Å². The number of nitrogens with zero attached hydrogens (tertiary/aromatic N) is 1. The van der Waals surface area contributed by atoms with Crippen molar-refractivity contribution in [3.63, 3.8) is 0 Å². The van der Waals surface area contributed by atoms with Gasteiger partial charge in [-0.05, 0) is 25.6 Å². The van der Waals surface area contributed by atoms with Gasteiger partial charge < -0.3 is 5.32 Å². The van der Waals surface area contributed by atoms with Gasteiger partial charge >= 0.3 is 0 Å². The van der Waals surface area contributed by atoms with Crippen molar-refractivity contribution in [3.8, 4) is 0 Å². The standard InChI is InChI=1S/C9H14N2O2S/c1-3-4-6(2)11-8(13)5-7(12)10-9(11)14/h6H,3-5H2,1-2H3,(H,10,12,14)/t6-/m1/s1. The number of thiocarbonyl (C=S) groups is 1. The van der Waals surface area contributed by atoms with Crippen LogP contribution in [0.25, 0.3) is 0 Å². The Balaban J connectivity index is 2.71. The molecule has 1 fully saturated rings. The second-order valence-corrected chi connectivity index (χ2v) is 3.82. The van der Waals surface area contributed by atoms with Crippen LogP contribution in [0.5, 0.6) is 0 Å². The summed E-state index contributed by atoms with van der Waals surface area (Å²) in [4.78, 5) is 24.0. The first-order valence-electron chi connectivity index (χ1n) is 4.72. The van der Waals surface area contributed by atoms with Crippen LogP contribution in [0.1, 0.15) is 33.1 Å². The average Bonchev–Trinajstić information content (AvgIpc) is 2.01. The molecular weight excluding hydrogens is 200 g/mol. The predicted molar refractivity (Wildman–Crippen MR) is 56.6 cm³/mol. The lowest BCUT2D eigenvalue weighted by molar-refractivity contribution is -0.136. The van der Waals surface area contributed by atoms with Crippen molar-refractivity contribution >= 4 is 29.1 Å². The van der Waals surface area contributed by atoms with Gasteiger partial charge in [0.25, 0.3) is 0 Å². The molecule has 2 amide bonds. The number of rotatable bonds is 3. The summed E-state index contributed by atoms with van der Waals surface area (Å²) in [7, 11) is 0. The molecule has 1 heterocycles. The molecule has 1 saturated heterocycles. The Morgan fingerprint density at radius 2 is 2.21 bits per heavy atom. The van der Waals surface area contributed by atoms with E-state index in [0.29, 0.717) is 0 Å². The molecule has 0 radical (unpaired) electrons. The molecule has 0 aromatic rings. The molecule has 0 unspecified atom stereocenters. The van der Waals surface area contributed by atoms with Crippen molar-refractivity contribution in [1.29, 1.82) is 0 Å². The van der Waals surface area contributed by atoms with Gasteiger partial charge in [-0.2, -0.15) is 0 Å². The Kier molecular flexibility index (Phi) is 3.57. The third-order valence-corrected chi connectivity index (χ3v) is 2.49. The molecule has 0 saturated carbocycles. The third kappa shape index (κ3) is 2.29. The zero-order chi connectivity index (χ0) is 10.7. The van der Waals surface area contributed by atoms with Gasteiger partial charge in [-0.25, -0.2) is 0 Å². The van der Waals surface area contributed by atoms with Gasteiger partial charge in [-0.15, -0.1) is 0 Å². The molecule has 0 spiro atoms. The van der Waals surface area contributed by atoms with Gasteiger partial charge in [0, 0.05) is 6.04 Å². The number of amides is 2. The number of hydrogen-bond acceptors (Lipinski definition) is 3. The highest BCUT2D eigenvalue weighted by Gasteiger charge is 2.30. The summed E-state index contributed by atoms with van der Waals surface area (Å²) in [5, 5.41) is 2.74. The molecule has 5 heteroatoms. The lowest BCUT2D eigenvalue weighted by Crippen LogP contribution is -2.55. The molecule has 1 atom stereocenters. The summed E-state index contributed by atoms with van der Waals surface area (Å²) >= 11 is 4.94. The summed E-state index contributed by atoms with van der Waals surface area (Å²) in [6, 6.07) is 0.0700. The summed E-state index contributed by atoms with van der Waals surface area (Å²) in [5.41, 5.74) is 0. The van der Waals surface area contributed by atoms with Gasteiger partial charge in [0.1, 0.15) is 6.42 Å². The van der Waals surface area contributed by atoms with Crippen LogP contribution in [0.3, 0.4) is 0 Å². The van der Waals surface area contributed by atoms with Gasteiger partial charge in [-0.1, -0.05) is 13.3 Å². The highest BCUT2D eigenvalue weighted by atomic mass is 32.1. The first-order chi connectivity index (χ1) is 6.56. The molecular formula is C9H14N2O2S. The summed E-state index contributed by atoms with van der Waals surface area (Å²) in [6.07, 6.45) is 1.79. The first-order valence-corrected chi connectivity index (χ1v) is 5.13. The van der Waals surface area contributed by atoms with Crippen LogP contribution < -0.4 is 5.32 Å². The summed E-state index contributed by atoms with van der Waals surface area (Å²) in [6.45, 7) is 3.98. The monoisotopic (exact) mass is 214 g/mol. The lowest BCUT2D eigenvalue weighted by atomic mass is 10.1. The van der Waals surface area contributed by atoms with E-state index in [-0.39, 0.29) is 29.4 Å². The minimum Gasteiger partial charge on any atom is -0.302 e. The van der Waals surface area contributed by atoms with E-state index < -0.39 is 0 Å². The Labute approximate surface area is 88.6 Å². The molecule has 0 aliphatic carbocycles. The zero-order valence-electron chi connectivity index (χ0n) is 8.37. The highest BCUT2D eigenvalue weighted by molar-refractivity contribution is 7.80. The van der Waals surface area contributed by atoms with Crippen LogP contribution in [-0.4, -0.2) is 27.9 Å². The zero-order valence-corrected chi connectivity index (χ0v) is 9.19. The Morgan fingerprint density at radius 1 is 1.57 bits per heavy atom. The van der Waals surface area contributed by atoms with E-state index in [2.05, 4.69) is 5.32 Å². The van der Waals surface area contributed by atoms with Crippen LogP contribution >= 0.6 is 12.2 Å². The number of nitrogens with one attached hydrogen (secondary N) is 1. The van der Waals surface area contributed by atoms with Gasteiger partial charge in [0.2, 0.25) is 11.8 Å². The van der Waals surface area contributed by atoms with E-state index in [1.807, 2.05) is 13.8 Å². The van der Waals surface area contributed by atoms with Crippen molar-refractivity contribution in [2.24, 2.45) is 0 Å². The van der Waals surface area contributed by atoms with Crippen molar-refractivity contribution in [2.45, 2.75) is 39.2 Å². The Bertz CT molecular complexity index is 258. The maximum atomic E-state index is 11.5. The minimum atomic E-state index is -0.306. The largest absolute Gasteiger partial charge is 0.302 e. The number of carbonyl (C=O) groups is 2. The fraction of sp³-hybridized carbons (Fsp3) is 0.667. The maximum Gasteiger partial charge on any atom is 0.238 e. The molecule has 78 valence electrons. The Hall–Kier alpha value is -0.970. The topological polar surface area (TPSA) is 49.4 Å². The molecule has 1 rings (SSSR count). The van der Waals surface area contributed by atoms with Crippen LogP contribution in [-0.2, 0) is 9.59 Å². The quantitative estimate of drug-likeness (QED) is 0.558. The minimum absolute atomic E-state index is 0.0700. The van der Waals surface area contributed by atoms with Crippen molar-refractivity contribution in [3.05, 3.63) is 0 Å². The van der Waals surface area contributed by atoms with Crippen molar-refractivity contribution < 1.29 is 9.59 Å².